The minimum Gasteiger partial charge on any atom is -0.465 e. The number of nitrogens with zero attached hydrogens (tertiary/aromatic N) is 3. The second-order valence-electron chi connectivity index (χ2n) is 7.54. The highest BCUT2D eigenvalue weighted by Gasteiger charge is 2.41. The number of anilines is 2. The third-order valence-corrected chi connectivity index (χ3v) is 5.74. The van der Waals surface area contributed by atoms with Crippen LogP contribution in [-0.4, -0.2) is 27.8 Å². The van der Waals surface area contributed by atoms with Crippen molar-refractivity contribution in [3.63, 3.8) is 0 Å². The fourth-order valence-electron chi connectivity index (χ4n) is 4.00. The van der Waals surface area contributed by atoms with Crippen molar-refractivity contribution in [2.45, 2.75) is 19.8 Å². The minimum atomic E-state index is -0.644. The molecule has 0 spiro atoms. The molecule has 0 radical (unpaired) electrons. The second-order valence-corrected chi connectivity index (χ2v) is 7.98. The first-order valence-corrected chi connectivity index (χ1v) is 10.7. The number of halogens is 1. The molecular formula is C24H23ClN4O3. The van der Waals surface area contributed by atoms with Gasteiger partial charge in [0.05, 0.1) is 6.61 Å². The number of nitrogens with one attached hydrogen (secondary N) is 1. The van der Waals surface area contributed by atoms with Crippen LogP contribution in [0.25, 0.3) is 0 Å². The van der Waals surface area contributed by atoms with E-state index in [1.807, 2.05) is 30.3 Å². The molecule has 2 atom stereocenters. The van der Waals surface area contributed by atoms with E-state index in [4.69, 9.17) is 16.3 Å². The lowest BCUT2D eigenvalue weighted by molar-refractivity contribution is -0.146. The number of ether oxygens (including phenoxy) is 1. The average Bonchev–Trinajstić information content (AvgIpc) is 2.78. The van der Waals surface area contributed by atoms with Crippen LogP contribution in [0.2, 0.25) is 5.02 Å². The summed E-state index contributed by atoms with van der Waals surface area (Å²) >= 11 is 6.01. The van der Waals surface area contributed by atoms with Crippen molar-refractivity contribution in [2.75, 3.05) is 11.9 Å². The van der Waals surface area contributed by atoms with Gasteiger partial charge in [-0.25, -0.2) is 9.79 Å². The maximum Gasteiger partial charge on any atom is 0.350 e. The van der Waals surface area contributed by atoms with Gasteiger partial charge in [-0.1, -0.05) is 41.9 Å². The molecule has 1 N–H and O–H groups in total. The fourth-order valence-corrected chi connectivity index (χ4v) is 4.12. The Morgan fingerprint density at radius 3 is 2.50 bits per heavy atom. The minimum absolute atomic E-state index is 0.262. The van der Waals surface area contributed by atoms with Crippen molar-refractivity contribution in [1.29, 1.82) is 0 Å². The van der Waals surface area contributed by atoms with E-state index in [2.05, 4.69) is 15.3 Å². The smallest absolute Gasteiger partial charge is 0.350 e. The molecule has 2 aromatic carbocycles. The van der Waals surface area contributed by atoms with Crippen LogP contribution in [0.5, 0.6) is 0 Å². The predicted octanol–water partition coefficient (Wildman–Crippen LogP) is 4.59. The number of benzene rings is 2. The second kappa shape index (κ2) is 8.96. The number of rotatable bonds is 5. The molecule has 1 aliphatic rings. The molecule has 8 heteroatoms. The number of aliphatic imine (C=N–C) groups is 1. The zero-order valence-corrected chi connectivity index (χ0v) is 18.8. The summed E-state index contributed by atoms with van der Waals surface area (Å²) in [4.78, 5) is 34.6. The lowest BCUT2D eigenvalue weighted by atomic mass is 9.76. The van der Waals surface area contributed by atoms with Gasteiger partial charge in [0.1, 0.15) is 17.6 Å². The van der Waals surface area contributed by atoms with Crippen LogP contribution in [0, 0.1) is 5.92 Å². The van der Waals surface area contributed by atoms with Crippen LogP contribution in [0.15, 0.2) is 64.4 Å². The molecule has 0 saturated heterocycles. The van der Waals surface area contributed by atoms with Crippen molar-refractivity contribution in [1.82, 2.24) is 9.55 Å². The zero-order valence-electron chi connectivity index (χ0n) is 18.0. The number of hydrogen-bond acceptors (Lipinski definition) is 6. The molecule has 2 heterocycles. The van der Waals surface area contributed by atoms with Gasteiger partial charge in [0, 0.05) is 35.0 Å². The quantitative estimate of drug-likeness (QED) is 0.574. The number of aromatic nitrogens is 2. The lowest BCUT2D eigenvalue weighted by Gasteiger charge is -2.32. The molecule has 164 valence electrons. The Bertz CT molecular complexity index is 1240. The molecule has 1 aliphatic heterocycles. The SMILES string of the molecule is CCOC(=O)C1C(C)=Nc2c(c(Nc3ccc(Cl)cc3)nc(=O)n2C)C1c1ccccc1. The molecule has 0 bridgehead atoms. The molecule has 2 unspecified atom stereocenters. The van der Waals surface area contributed by atoms with Crippen molar-refractivity contribution in [3.05, 3.63) is 81.2 Å². The van der Waals surface area contributed by atoms with E-state index >= 15 is 0 Å². The van der Waals surface area contributed by atoms with Crippen LogP contribution in [0.3, 0.4) is 0 Å². The van der Waals surface area contributed by atoms with Gasteiger partial charge in [0.2, 0.25) is 0 Å². The molecule has 0 aliphatic carbocycles. The van der Waals surface area contributed by atoms with Gasteiger partial charge < -0.3 is 10.1 Å². The number of esters is 1. The molecule has 0 saturated carbocycles. The average molecular weight is 451 g/mol. The Morgan fingerprint density at radius 2 is 1.84 bits per heavy atom. The molecule has 7 nitrogen and oxygen atoms in total. The first-order chi connectivity index (χ1) is 15.4. The van der Waals surface area contributed by atoms with Crippen molar-refractivity contribution in [3.8, 4) is 0 Å². The summed E-state index contributed by atoms with van der Waals surface area (Å²) in [5, 5.41) is 3.83. The first kappa shape index (κ1) is 21.8. The molecule has 1 aromatic heterocycles. The van der Waals surface area contributed by atoms with Gasteiger partial charge in [-0.3, -0.25) is 9.36 Å². The van der Waals surface area contributed by atoms with Crippen molar-refractivity contribution in [2.24, 2.45) is 18.0 Å². The highest BCUT2D eigenvalue weighted by atomic mass is 35.5. The van der Waals surface area contributed by atoms with E-state index in [0.29, 0.717) is 33.6 Å². The van der Waals surface area contributed by atoms with Gasteiger partial charge in [-0.2, -0.15) is 4.98 Å². The van der Waals surface area contributed by atoms with Crippen molar-refractivity contribution >= 4 is 40.6 Å². The summed E-state index contributed by atoms with van der Waals surface area (Å²) in [5.41, 5.74) is 2.42. The largest absolute Gasteiger partial charge is 0.465 e. The van der Waals surface area contributed by atoms with Crippen LogP contribution >= 0.6 is 11.6 Å². The monoisotopic (exact) mass is 450 g/mol. The first-order valence-electron chi connectivity index (χ1n) is 10.3. The summed E-state index contributed by atoms with van der Waals surface area (Å²) in [7, 11) is 1.63. The van der Waals surface area contributed by atoms with Crippen LogP contribution in [0.4, 0.5) is 17.3 Å². The summed E-state index contributed by atoms with van der Waals surface area (Å²) in [6, 6.07) is 16.7. The maximum absolute atomic E-state index is 13.0. The highest BCUT2D eigenvalue weighted by molar-refractivity contribution is 6.30. The Kier molecular flexibility index (Phi) is 6.10. The summed E-state index contributed by atoms with van der Waals surface area (Å²) in [6.07, 6.45) is 0. The highest BCUT2D eigenvalue weighted by Crippen LogP contribution is 2.45. The van der Waals surface area contributed by atoms with E-state index < -0.39 is 17.5 Å². The van der Waals surface area contributed by atoms with E-state index in [0.717, 1.165) is 5.56 Å². The lowest BCUT2D eigenvalue weighted by Crippen LogP contribution is -2.36. The Balaban J connectivity index is 1.96. The van der Waals surface area contributed by atoms with E-state index in [1.165, 1.54) is 4.57 Å². The maximum atomic E-state index is 13.0. The predicted molar refractivity (Wildman–Crippen MR) is 125 cm³/mol. The molecular weight excluding hydrogens is 428 g/mol. The van der Waals surface area contributed by atoms with E-state index in [-0.39, 0.29) is 12.6 Å². The van der Waals surface area contributed by atoms with Crippen LogP contribution in [0.1, 0.15) is 30.9 Å². The standard InChI is InChI=1S/C24H23ClN4O3/c1-4-32-23(30)18-14(2)26-22-20(19(18)15-8-6-5-7-9-15)21(28-24(31)29(22)3)27-17-12-10-16(25)11-13-17/h5-13,18-19H,4H2,1-3H3,(H,27,28,31). The molecule has 4 rings (SSSR count). The summed E-state index contributed by atoms with van der Waals surface area (Å²) in [5.74, 6) is -0.621. The molecule has 0 fully saturated rings. The van der Waals surface area contributed by atoms with Crippen LogP contribution < -0.4 is 11.0 Å². The summed E-state index contributed by atoms with van der Waals surface area (Å²) < 4.78 is 6.81. The normalized spacial score (nSPS) is 17.3. The zero-order chi connectivity index (χ0) is 22.8. The molecule has 3 aromatic rings. The summed E-state index contributed by atoms with van der Waals surface area (Å²) in [6.45, 7) is 3.83. The Labute approximate surface area is 190 Å². The number of hydrogen-bond donors (Lipinski definition) is 1. The fraction of sp³-hybridized carbons (Fsp3) is 0.250. The van der Waals surface area contributed by atoms with E-state index in [1.54, 1.807) is 45.2 Å². The third-order valence-electron chi connectivity index (χ3n) is 5.49. The number of fused-ring (bicyclic) bond motifs is 1. The number of carbonyl (C=O) groups excluding carboxylic acids is 1. The van der Waals surface area contributed by atoms with Gasteiger partial charge >= 0.3 is 11.7 Å². The van der Waals surface area contributed by atoms with Gasteiger partial charge in [0.15, 0.2) is 0 Å². The molecule has 0 amide bonds. The van der Waals surface area contributed by atoms with Crippen molar-refractivity contribution < 1.29 is 9.53 Å². The number of carbonyl (C=O) groups is 1. The van der Waals surface area contributed by atoms with Gasteiger partial charge in [-0.15, -0.1) is 0 Å². The Morgan fingerprint density at radius 1 is 1.16 bits per heavy atom. The van der Waals surface area contributed by atoms with E-state index in [9.17, 15) is 9.59 Å². The van der Waals surface area contributed by atoms with Crippen LogP contribution in [-0.2, 0) is 16.6 Å². The van der Waals surface area contributed by atoms with Gasteiger partial charge in [0.25, 0.3) is 0 Å². The van der Waals surface area contributed by atoms with Gasteiger partial charge in [-0.05, 0) is 43.7 Å². The Hall–Kier alpha value is -3.45. The topological polar surface area (TPSA) is 85.6 Å². The third kappa shape index (κ3) is 4.03. The molecule has 32 heavy (non-hydrogen) atoms.